The summed E-state index contributed by atoms with van der Waals surface area (Å²) in [4.78, 5) is 0.118. The molecule has 1 rings (SSSR count). The van der Waals surface area contributed by atoms with Crippen molar-refractivity contribution in [3.05, 3.63) is 12.4 Å². The summed E-state index contributed by atoms with van der Waals surface area (Å²) in [7, 11) is -3.41. The lowest BCUT2D eigenvalue weighted by Gasteiger charge is -2.00. The molecule has 1 heterocycles. The van der Waals surface area contributed by atoms with Gasteiger partial charge in [-0.05, 0) is 0 Å². The molecule has 0 bridgehead atoms. The van der Waals surface area contributed by atoms with E-state index in [0.717, 1.165) is 0 Å². The number of H-pyrrole nitrogens is 1. The highest BCUT2D eigenvalue weighted by Gasteiger charge is 2.13. The number of halogens is 1. The summed E-state index contributed by atoms with van der Waals surface area (Å²) in [6.45, 7) is 0.217. The van der Waals surface area contributed by atoms with E-state index in [-0.39, 0.29) is 17.3 Å². The van der Waals surface area contributed by atoms with Crippen molar-refractivity contribution in [3.63, 3.8) is 0 Å². The van der Waals surface area contributed by atoms with Gasteiger partial charge >= 0.3 is 0 Å². The molecule has 0 saturated carbocycles. The van der Waals surface area contributed by atoms with Gasteiger partial charge in [0, 0.05) is 18.6 Å². The predicted molar refractivity (Wildman–Crippen MR) is 44.5 cm³/mol. The minimum Gasteiger partial charge on any atom is -0.284 e. The molecule has 0 saturated heterocycles. The Labute approximate surface area is 75.2 Å². The molecule has 68 valence electrons. The number of nitrogens with zero attached hydrogens (tertiary/aromatic N) is 1. The molecule has 0 fully saturated rings. The van der Waals surface area contributed by atoms with Crippen LogP contribution in [0.5, 0.6) is 0 Å². The van der Waals surface area contributed by atoms with Crippen LogP contribution in [-0.2, 0) is 10.0 Å². The van der Waals surface area contributed by atoms with Crippen LogP contribution in [-0.4, -0.2) is 31.0 Å². The number of aromatic nitrogens is 2. The molecule has 0 spiro atoms. The Balaban J connectivity index is 2.74. The average molecular weight is 210 g/mol. The molecule has 0 atom stereocenters. The van der Waals surface area contributed by atoms with Crippen molar-refractivity contribution in [1.29, 1.82) is 0 Å². The lowest BCUT2D eigenvalue weighted by atomic mass is 10.7. The number of aromatic amines is 1. The summed E-state index contributed by atoms with van der Waals surface area (Å²) in [6.07, 6.45) is 2.53. The Kier molecular flexibility index (Phi) is 3.07. The average Bonchev–Trinajstić information content (AvgIpc) is 2.53. The SMILES string of the molecule is O=S(=O)(NCCCl)c1cn[nH]c1. The van der Waals surface area contributed by atoms with Crippen LogP contribution in [0.25, 0.3) is 0 Å². The Morgan fingerprint density at radius 2 is 2.42 bits per heavy atom. The highest BCUT2D eigenvalue weighted by Crippen LogP contribution is 2.03. The zero-order valence-electron chi connectivity index (χ0n) is 6.12. The van der Waals surface area contributed by atoms with E-state index in [1.165, 1.54) is 12.4 Å². The lowest BCUT2D eigenvalue weighted by Crippen LogP contribution is -2.25. The van der Waals surface area contributed by atoms with Crippen LogP contribution in [0, 0.1) is 0 Å². The Bertz CT molecular complexity index is 320. The van der Waals surface area contributed by atoms with Gasteiger partial charge in [-0.2, -0.15) is 5.10 Å². The fourth-order valence-corrected chi connectivity index (χ4v) is 1.79. The Morgan fingerprint density at radius 3 is 2.92 bits per heavy atom. The zero-order chi connectivity index (χ0) is 9.03. The first kappa shape index (κ1) is 9.50. The molecule has 2 N–H and O–H groups in total. The quantitative estimate of drug-likeness (QED) is 0.682. The summed E-state index contributed by atoms with van der Waals surface area (Å²) in [5.74, 6) is 0.247. The maximum Gasteiger partial charge on any atom is 0.243 e. The number of nitrogens with one attached hydrogen (secondary N) is 2. The third kappa shape index (κ3) is 2.20. The number of rotatable bonds is 4. The minimum atomic E-state index is -3.41. The molecule has 0 aliphatic carbocycles. The molecule has 0 radical (unpaired) electrons. The third-order valence-corrected chi connectivity index (χ3v) is 2.79. The van der Waals surface area contributed by atoms with Crippen LogP contribution in [0.15, 0.2) is 17.3 Å². The van der Waals surface area contributed by atoms with Gasteiger partial charge in [-0.3, -0.25) is 5.10 Å². The van der Waals surface area contributed by atoms with E-state index in [9.17, 15) is 8.42 Å². The van der Waals surface area contributed by atoms with Crippen molar-refractivity contribution in [2.24, 2.45) is 0 Å². The first-order chi connectivity index (χ1) is 5.67. The van der Waals surface area contributed by atoms with Gasteiger partial charge in [-0.1, -0.05) is 0 Å². The van der Waals surface area contributed by atoms with Gasteiger partial charge in [0.2, 0.25) is 10.0 Å². The van der Waals surface area contributed by atoms with Crippen LogP contribution in [0.1, 0.15) is 0 Å². The van der Waals surface area contributed by atoms with E-state index in [4.69, 9.17) is 11.6 Å². The van der Waals surface area contributed by atoms with E-state index in [0.29, 0.717) is 0 Å². The van der Waals surface area contributed by atoms with Gasteiger partial charge in [0.25, 0.3) is 0 Å². The van der Waals surface area contributed by atoms with E-state index >= 15 is 0 Å². The molecule has 1 aromatic heterocycles. The van der Waals surface area contributed by atoms with Crippen molar-refractivity contribution < 1.29 is 8.42 Å². The third-order valence-electron chi connectivity index (χ3n) is 1.17. The van der Waals surface area contributed by atoms with Crippen molar-refractivity contribution in [3.8, 4) is 0 Å². The molecule has 0 aromatic carbocycles. The molecule has 12 heavy (non-hydrogen) atoms. The molecule has 0 aliphatic rings. The van der Waals surface area contributed by atoms with Gasteiger partial charge in [-0.25, -0.2) is 13.1 Å². The van der Waals surface area contributed by atoms with Crippen LogP contribution in [0.3, 0.4) is 0 Å². The normalized spacial score (nSPS) is 11.8. The fraction of sp³-hybridized carbons (Fsp3) is 0.400. The lowest BCUT2D eigenvalue weighted by molar-refractivity contribution is 0.584. The Hall–Kier alpha value is -0.590. The summed E-state index contributed by atoms with van der Waals surface area (Å²) in [5.41, 5.74) is 0. The number of sulfonamides is 1. The molecule has 5 nitrogen and oxygen atoms in total. The van der Waals surface area contributed by atoms with Crippen molar-refractivity contribution in [2.75, 3.05) is 12.4 Å². The van der Waals surface area contributed by atoms with E-state index < -0.39 is 10.0 Å². The maximum atomic E-state index is 11.2. The molecule has 7 heteroatoms. The summed E-state index contributed by atoms with van der Waals surface area (Å²) in [6, 6.07) is 0. The van der Waals surface area contributed by atoms with Gasteiger partial charge < -0.3 is 0 Å². The van der Waals surface area contributed by atoms with Crippen LogP contribution < -0.4 is 4.72 Å². The zero-order valence-corrected chi connectivity index (χ0v) is 7.69. The van der Waals surface area contributed by atoms with Crippen LogP contribution in [0.2, 0.25) is 0 Å². The second-order valence-corrected chi connectivity index (χ2v) is 4.17. The largest absolute Gasteiger partial charge is 0.284 e. The van der Waals surface area contributed by atoms with E-state index in [1.807, 2.05) is 0 Å². The molecular formula is C5H8ClN3O2S. The van der Waals surface area contributed by atoms with Crippen molar-refractivity contribution in [2.45, 2.75) is 4.90 Å². The summed E-state index contributed by atoms with van der Waals surface area (Å²) in [5, 5.41) is 5.93. The highest BCUT2D eigenvalue weighted by molar-refractivity contribution is 7.89. The number of alkyl halides is 1. The highest BCUT2D eigenvalue weighted by atomic mass is 35.5. The van der Waals surface area contributed by atoms with Crippen LogP contribution >= 0.6 is 11.6 Å². The van der Waals surface area contributed by atoms with Gasteiger partial charge in [0.05, 0.1) is 6.20 Å². The summed E-state index contributed by atoms with van der Waals surface area (Å²) < 4.78 is 24.7. The van der Waals surface area contributed by atoms with Gasteiger partial charge in [-0.15, -0.1) is 11.6 Å². The molecule has 0 amide bonds. The fourth-order valence-electron chi connectivity index (χ4n) is 0.642. The second-order valence-electron chi connectivity index (χ2n) is 2.02. The minimum absolute atomic E-state index is 0.118. The second kappa shape index (κ2) is 3.88. The van der Waals surface area contributed by atoms with E-state index in [2.05, 4.69) is 14.9 Å². The molecule has 1 aromatic rings. The maximum absolute atomic E-state index is 11.2. The summed E-state index contributed by atoms with van der Waals surface area (Å²) >= 11 is 5.32. The first-order valence-electron chi connectivity index (χ1n) is 3.21. The van der Waals surface area contributed by atoms with Gasteiger partial charge in [0.1, 0.15) is 4.90 Å². The van der Waals surface area contributed by atoms with Crippen molar-refractivity contribution >= 4 is 21.6 Å². The number of hydrogen-bond donors (Lipinski definition) is 2. The topological polar surface area (TPSA) is 74.8 Å². The monoisotopic (exact) mass is 209 g/mol. The first-order valence-corrected chi connectivity index (χ1v) is 5.23. The standard InChI is InChI=1S/C5H8ClN3O2S/c6-1-2-9-12(10,11)5-3-7-8-4-5/h3-4,9H,1-2H2,(H,7,8). The molecule has 0 unspecified atom stereocenters. The van der Waals surface area contributed by atoms with Crippen LogP contribution in [0.4, 0.5) is 0 Å². The molecule has 0 aliphatic heterocycles. The van der Waals surface area contributed by atoms with Gasteiger partial charge in [0.15, 0.2) is 0 Å². The Morgan fingerprint density at radius 1 is 1.67 bits per heavy atom. The van der Waals surface area contributed by atoms with Crippen molar-refractivity contribution in [1.82, 2.24) is 14.9 Å². The van der Waals surface area contributed by atoms with E-state index in [1.54, 1.807) is 0 Å². The molecular weight excluding hydrogens is 202 g/mol. The predicted octanol–water partition coefficient (Wildman–Crippen LogP) is -0.0732. The smallest absolute Gasteiger partial charge is 0.243 e. The number of hydrogen-bond acceptors (Lipinski definition) is 3.